The van der Waals surface area contributed by atoms with Gasteiger partial charge in [0.1, 0.15) is 5.75 Å². The van der Waals surface area contributed by atoms with Gasteiger partial charge in [0.15, 0.2) is 0 Å². The van der Waals surface area contributed by atoms with Crippen LogP contribution in [0.15, 0.2) is 58.2 Å². The van der Waals surface area contributed by atoms with Gasteiger partial charge < -0.3 is 10.1 Å². The lowest BCUT2D eigenvalue weighted by atomic mass is 10.2. The predicted molar refractivity (Wildman–Crippen MR) is 108 cm³/mol. The Labute approximate surface area is 166 Å². The SMILES string of the molecule is CC/C(C)=C/N=C(/C=C(\C)Nc1ccc(OC(F)(F)F)cc1)c1csc(C)n1. The van der Waals surface area contributed by atoms with E-state index in [9.17, 15) is 13.2 Å². The number of allylic oxidation sites excluding steroid dienone is 3. The van der Waals surface area contributed by atoms with Crippen molar-refractivity contribution < 1.29 is 17.9 Å². The van der Waals surface area contributed by atoms with E-state index in [-0.39, 0.29) is 5.75 Å². The van der Waals surface area contributed by atoms with Crippen molar-refractivity contribution in [3.05, 3.63) is 63.9 Å². The van der Waals surface area contributed by atoms with E-state index in [0.717, 1.165) is 28.4 Å². The van der Waals surface area contributed by atoms with Gasteiger partial charge >= 0.3 is 6.36 Å². The molecule has 150 valence electrons. The summed E-state index contributed by atoms with van der Waals surface area (Å²) in [6, 6.07) is 5.55. The van der Waals surface area contributed by atoms with Crippen LogP contribution in [0.2, 0.25) is 0 Å². The van der Waals surface area contributed by atoms with Crippen molar-refractivity contribution in [3.63, 3.8) is 0 Å². The third-order valence-corrected chi connectivity index (χ3v) is 4.42. The van der Waals surface area contributed by atoms with Gasteiger partial charge in [-0.2, -0.15) is 0 Å². The number of nitrogens with zero attached hydrogens (tertiary/aromatic N) is 2. The van der Waals surface area contributed by atoms with Crippen LogP contribution in [-0.4, -0.2) is 17.1 Å². The zero-order valence-electron chi connectivity index (χ0n) is 16.1. The Balaban J connectivity index is 2.19. The fraction of sp³-hybridized carbons (Fsp3) is 0.300. The molecule has 0 amide bonds. The summed E-state index contributed by atoms with van der Waals surface area (Å²) in [7, 11) is 0. The first kappa shape index (κ1) is 21.7. The molecule has 1 aromatic heterocycles. The fourth-order valence-electron chi connectivity index (χ4n) is 2.14. The van der Waals surface area contributed by atoms with Crippen LogP contribution in [0.4, 0.5) is 18.9 Å². The second kappa shape index (κ2) is 9.54. The summed E-state index contributed by atoms with van der Waals surface area (Å²) in [5.74, 6) is -0.264. The predicted octanol–water partition coefficient (Wildman–Crippen LogP) is 6.47. The van der Waals surface area contributed by atoms with Crippen LogP contribution in [0.3, 0.4) is 0 Å². The molecule has 1 aromatic carbocycles. The third-order valence-electron chi connectivity index (χ3n) is 3.65. The maximum absolute atomic E-state index is 12.2. The van der Waals surface area contributed by atoms with E-state index in [1.807, 2.05) is 38.4 Å². The Bertz CT molecular complexity index is 881. The van der Waals surface area contributed by atoms with Crippen LogP contribution in [-0.2, 0) is 0 Å². The minimum Gasteiger partial charge on any atom is -0.406 e. The van der Waals surface area contributed by atoms with Crippen LogP contribution in [0.5, 0.6) is 5.75 Å². The summed E-state index contributed by atoms with van der Waals surface area (Å²) in [6.07, 6.45) is -0.128. The molecule has 2 rings (SSSR count). The second-order valence-electron chi connectivity index (χ2n) is 6.12. The van der Waals surface area contributed by atoms with Crippen molar-refractivity contribution in [2.45, 2.75) is 40.5 Å². The first-order chi connectivity index (χ1) is 13.2. The zero-order chi connectivity index (χ0) is 20.7. The minimum absolute atomic E-state index is 0.264. The van der Waals surface area contributed by atoms with Gasteiger partial charge in [-0.15, -0.1) is 24.5 Å². The third kappa shape index (κ3) is 7.19. The highest BCUT2D eigenvalue weighted by Gasteiger charge is 2.30. The molecule has 0 aliphatic carbocycles. The highest BCUT2D eigenvalue weighted by Crippen LogP contribution is 2.24. The number of halogens is 3. The van der Waals surface area contributed by atoms with Crippen LogP contribution in [0.1, 0.15) is 37.9 Å². The lowest BCUT2D eigenvalue weighted by Gasteiger charge is -2.11. The number of aryl methyl sites for hydroxylation is 1. The molecule has 28 heavy (non-hydrogen) atoms. The second-order valence-corrected chi connectivity index (χ2v) is 7.18. The molecule has 1 N–H and O–H groups in total. The number of nitrogens with one attached hydrogen (secondary N) is 1. The van der Waals surface area contributed by atoms with Gasteiger partial charge in [-0.1, -0.05) is 12.5 Å². The molecular formula is C20H22F3N3OS. The summed E-state index contributed by atoms with van der Waals surface area (Å²) in [6.45, 7) is 7.85. The van der Waals surface area contributed by atoms with E-state index in [1.165, 1.54) is 24.3 Å². The van der Waals surface area contributed by atoms with Crippen molar-refractivity contribution >= 4 is 22.7 Å². The normalized spacial score (nSPS) is 13.6. The van der Waals surface area contributed by atoms with Gasteiger partial charge in [0, 0.05) is 23.0 Å². The molecule has 0 spiro atoms. The van der Waals surface area contributed by atoms with Crippen LogP contribution >= 0.6 is 11.3 Å². The summed E-state index contributed by atoms with van der Waals surface area (Å²) < 4.78 is 40.6. The maximum atomic E-state index is 12.2. The molecule has 0 saturated heterocycles. The molecule has 0 saturated carbocycles. The number of anilines is 1. The average molecular weight is 409 g/mol. The molecule has 2 aromatic rings. The van der Waals surface area contributed by atoms with Crippen LogP contribution in [0, 0.1) is 6.92 Å². The lowest BCUT2D eigenvalue weighted by molar-refractivity contribution is -0.274. The Morgan fingerprint density at radius 2 is 1.93 bits per heavy atom. The molecule has 0 radical (unpaired) electrons. The molecular weight excluding hydrogens is 387 g/mol. The van der Waals surface area contributed by atoms with Gasteiger partial charge in [-0.3, -0.25) is 4.99 Å². The van der Waals surface area contributed by atoms with Crippen LogP contribution in [0.25, 0.3) is 0 Å². The molecule has 4 nitrogen and oxygen atoms in total. The van der Waals surface area contributed by atoms with Gasteiger partial charge in [0.05, 0.1) is 16.4 Å². The minimum atomic E-state index is -4.70. The van der Waals surface area contributed by atoms with Crippen molar-refractivity contribution in [2.75, 3.05) is 5.32 Å². The Kier molecular flexibility index (Phi) is 7.39. The van der Waals surface area contributed by atoms with Crippen molar-refractivity contribution in [1.29, 1.82) is 0 Å². The van der Waals surface area contributed by atoms with Gasteiger partial charge in [0.25, 0.3) is 0 Å². The summed E-state index contributed by atoms with van der Waals surface area (Å²) in [5.41, 5.74) is 4.04. The lowest BCUT2D eigenvalue weighted by Crippen LogP contribution is -2.17. The number of benzene rings is 1. The maximum Gasteiger partial charge on any atom is 0.573 e. The largest absolute Gasteiger partial charge is 0.573 e. The molecule has 0 atom stereocenters. The van der Waals surface area contributed by atoms with Crippen molar-refractivity contribution in [3.8, 4) is 5.75 Å². The van der Waals surface area contributed by atoms with E-state index in [1.54, 1.807) is 11.3 Å². The summed E-state index contributed by atoms with van der Waals surface area (Å²) in [4.78, 5) is 9.04. The zero-order valence-corrected chi connectivity index (χ0v) is 16.9. The molecule has 0 unspecified atom stereocenters. The highest BCUT2D eigenvalue weighted by atomic mass is 32.1. The van der Waals surface area contributed by atoms with E-state index < -0.39 is 6.36 Å². The first-order valence-corrected chi connectivity index (χ1v) is 9.51. The quantitative estimate of drug-likeness (QED) is 0.533. The molecule has 0 fully saturated rings. The Morgan fingerprint density at radius 1 is 1.25 bits per heavy atom. The Morgan fingerprint density at radius 3 is 2.46 bits per heavy atom. The average Bonchev–Trinajstić information content (AvgIpc) is 3.05. The summed E-state index contributed by atoms with van der Waals surface area (Å²) >= 11 is 1.54. The number of ether oxygens (including phenoxy) is 1. The highest BCUT2D eigenvalue weighted by molar-refractivity contribution is 7.09. The first-order valence-electron chi connectivity index (χ1n) is 8.63. The standard InChI is InChI=1S/C20H22F3N3OS/c1-5-13(2)11-24-18(19-12-28-15(4)26-19)10-14(3)25-16-6-8-17(9-7-16)27-20(21,22)23/h6-12,25H,5H2,1-4H3/b13-11+,14-10+,24-18-. The molecule has 1 heterocycles. The summed E-state index contributed by atoms with van der Waals surface area (Å²) in [5, 5.41) is 6.02. The van der Waals surface area contributed by atoms with E-state index in [4.69, 9.17) is 0 Å². The van der Waals surface area contributed by atoms with E-state index >= 15 is 0 Å². The van der Waals surface area contributed by atoms with Crippen LogP contribution < -0.4 is 10.1 Å². The van der Waals surface area contributed by atoms with Gasteiger partial charge in [0.2, 0.25) is 0 Å². The van der Waals surface area contributed by atoms with Gasteiger partial charge in [-0.05, 0) is 57.5 Å². The molecule has 0 aliphatic rings. The number of hydrogen-bond acceptors (Lipinski definition) is 5. The van der Waals surface area contributed by atoms with Crippen molar-refractivity contribution in [2.24, 2.45) is 4.99 Å². The Hall–Kier alpha value is -2.61. The number of rotatable bonds is 7. The smallest absolute Gasteiger partial charge is 0.406 e. The number of aromatic nitrogens is 1. The molecule has 0 bridgehead atoms. The number of thiazole rings is 1. The monoisotopic (exact) mass is 409 g/mol. The van der Waals surface area contributed by atoms with Gasteiger partial charge in [-0.25, -0.2) is 4.98 Å². The topological polar surface area (TPSA) is 46.5 Å². The van der Waals surface area contributed by atoms with Crippen molar-refractivity contribution in [1.82, 2.24) is 4.98 Å². The number of alkyl halides is 3. The van der Waals surface area contributed by atoms with E-state index in [2.05, 4.69) is 27.0 Å². The van der Waals surface area contributed by atoms with E-state index in [0.29, 0.717) is 11.4 Å². The number of hydrogen-bond donors (Lipinski definition) is 1. The molecule has 8 heteroatoms. The number of aliphatic imine (C=N–C) groups is 1. The molecule has 0 aliphatic heterocycles. The fourth-order valence-corrected chi connectivity index (χ4v) is 2.74.